The predicted octanol–water partition coefficient (Wildman–Crippen LogP) is 2.77. The second-order valence-electron chi connectivity index (χ2n) is 6.44. The van der Waals surface area contributed by atoms with E-state index in [9.17, 15) is 4.79 Å². The smallest absolute Gasteiger partial charge is 0.224 e. The first-order valence-electron chi connectivity index (χ1n) is 9.29. The lowest BCUT2D eigenvalue weighted by Gasteiger charge is -2.36. The number of nitrogens with zero attached hydrogens (tertiary/aromatic N) is 3. The molecule has 0 spiro atoms. The van der Waals surface area contributed by atoms with Crippen LogP contribution in [0.15, 0.2) is 52.2 Å². The molecule has 152 valence electrons. The lowest BCUT2D eigenvalue weighted by molar-refractivity contribution is -0.131. The van der Waals surface area contributed by atoms with E-state index in [1.807, 2.05) is 11.0 Å². The van der Waals surface area contributed by atoms with Gasteiger partial charge in [-0.3, -0.25) is 9.79 Å². The molecule has 1 aromatic heterocycles. The highest BCUT2D eigenvalue weighted by atomic mass is 127. The molecular weight excluding hydrogens is 485 g/mol. The van der Waals surface area contributed by atoms with Crippen molar-refractivity contribution in [1.82, 2.24) is 15.5 Å². The maximum Gasteiger partial charge on any atom is 0.224 e. The summed E-state index contributed by atoms with van der Waals surface area (Å²) >= 11 is 1.68. The van der Waals surface area contributed by atoms with Crippen LogP contribution >= 0.6 is 35.3 Å². The van der Waals surface area contributed by atoms with Crippen LogP contribution in [0.3, 0.4) is 0 Å². The van der Waals surface area contributed by atoms with Crippen molar-refractivity contribution in [2.75, 3.05) is 44.7 Å². The number of piperazine rings is 1. The number of hydrogen-bond acceptors (Lipinski definition) is 4. The topological polar surface area (TPSA) is 60.0 Å². The van der Waals surface area contributed by atoms with E-state index in [0.717, 1.165) is 38.7 Å². The number of halogens is 1. The molecule has 0 aliphatic carbocycles. The Morgan fingerprint density at radius 1 is 1.11 bits per heavy atom. The van der Waals surface area contributed by atoms with Gasteiger partial charge in [-0.05, 0) is 34.5 Å². The molecule has 2 heterocycles. The van der Waals surface area contributed by atoms with Crippen molar-refractivity contribution in [2.45, 2.75) is 13.0 Å². The monoisotopic (exact) mass is 513 g/mol. The summed E-state index contributed by atoms with van der Waals surface area (Å²) < 4.78 is 0. The number of aliphatic imine (C=N–C) groups is 1. The molecule has 1 fully saturated rings. The fraction of sp³-hybridized carbons (Fsp3) is 0.400. The van der Waals surface area contributed by atoms with Gasteiger partial charge in [-0.15, -0.1) is 24.0 Å². The number of rotatable bonds is 6. The first kappa shape index (κ1) is 22.5. The Labute approximate surface area is 188 Å². The van der Waals surface area contributed by atoms with E-state index in [-0.39, 0.29) is 29.9 Å². The molecule has 0 atom stereocenters. The zero-order valence-electron chi connectivity index (χ0n) is 16.1. The summed E-state index contributed by atoms with van der Waals surface area (Å²) in [5.41, 5.74) is 2.46. The van der Waals surface area contributed by atoms with Crippen LogP contribution in [0.1, 0.15) is 12.0 Å². The van der Waals surface area contributed by atoms with Gasteiger partial charge in [0, 0.05) is 58.4 Å². The molecule has 0 saturated carbocycles. The SMILES string of the molecule is CN=C(NCCC(=O)N1CCN(c2ccccc2)CC1)NCc1ccsc1.I. The van der Waals surface area contributed by atoms with Crippen LogP contribution < -0.4 is 15.5 Å². The number of para-hydroxylation sites is 1. The molecule has 0 radical (unpaired) electrons. The Morgan fingerprint density at radius 2 is 1.86 bits per heavy atom. The number of guanidine groups is 1. The highest BCUT2D eigenvalue weighted by Crippen LogP contribution is 2.15. The Kier molecular flexibility index (Phi) is 9.56. The standard InChI is InChI=1S/C20H27N5OS.HI/c1-21-20(23-15-17-8-14-27-16-17)22-9-7-19(26)25-12-10-24(11-13-25)18-5-3-2-4-6-18;/h2-6,8,14,16H,7,9-13,15H2,1H3,(H2,21,22,23);1H. The van der Waals surface area contributed by atoms with Crippen molar-refractivity contribution >= 4 is 52.9 Å². The third-order valence-electron chi connectivity index (χ3n) is 4.65. The zero-order valence-corrected chi connectivity index (χ0v) is 19.3. The van der Waals surface area contributed by atoms with Gasteiger partial charge in [0.15, 0.2) is 5.96 Å². The molecule has 6 nitrogen and oxygen atoms in total. The maximum absolute atomic E-state index is 12.5. The van der Waals surface area contributed by atoms with Gasteiger partial charge in [-0.2, -0.15) is 11.3 Å². The number of anilines is 1. The van der Waals surface area contributed by atoms with Gasteiger partial charge in [0.2, 0.25) is 5.91 Å². The maximum atomic E-state index is 12.5. The molecule has 1 aliphatic rings. The van der Waals surface area contributed by atoms with E-state index in [0.29, 0.717) is 13.0 Å². The van der Waals surface area contributed by atoms with Gasteiger partial charge < -0.3 is 20.4 Å². The van der Waals surface area contributed by atoms with E-state index >= 15 is 0 Å². The van der Waals surface area contributed by atoms with Gasteiger partial charge in [0.05, 0.1) is 0 Å². The van der Waals surface area contributed by atoms with Crippen LogP contribution in [0.4, 0.5) is 5.69 Å². The predicted molar refractivity (Wildman–Crippen MR) is 128 cm³/mol. The van der Waals surface area contributed by atoms with Crippen molar-refractivity contribution in [3.8, 4) is 0 Å². The molecule has 1 aromatic carbocycles. The van der Waals surface area contributed by atoms with E-state index in [2.05, 4.69) is 61.6 Å². The van der Waals surface area contributed by atoms with Gasteiger partial charge in [-0.25, -0.2) is 0 Å². The van der Waals surface area contributed by atoms with Gasteiger partial charge in [0.25, 0.3) is 0 Å². The van der Waals surface area contributed by atoms with E-state index in [1.165, 1.54) is 11.3 Å². The van der Waals surface area contributed by atoms with Crippen molar-refractivity contribution in [3.63, 3.8) is 0 Å². The first-order valence-corrected chi connectivity index (χ1v) is 10.2. The minimum absolute atomic E-state index is 0. The molecule has 1 aliphatic heterocycles. The normalized spacial score (nSPS) is 14.4. The summed E-state index contributed by atoms with van der Waals surface area (Å²) in [6, 6.07) is 12.5. The fourth-order valence-corrected chi connectivity index (χ4v) is 3.77. The third kappa shape index (κ3) is 6.66. The lowest BCUT2D eigenvalue weighted by atomic mass is 10.2. The third-order valence-corrected chi connectivity index (χ3v) is 5.38. The molecule has 2 N–H and O–H groups in total. The minimum atomic E-state index is 0. The summed E-state index contributed by atoms with van der Waals surface area (Å²) in [6.45, 7) is 4.64. The van der Waals surface area contributed by atoms with E-state index in [1.54, 1.807) is 18.4 Å². The summed E-state index contributed by atoms with van der Waals surface area (Å²) in [4.78, 5) is 21.0. The van der Waals surface area contributed by atoms with Gasteiger partial charge in [0.1, 0.15) is 0 Å². The summed E-state index contributed by atoms with van der Waals surface area (Å²) in [7, 11) is 1.74. The van der Waals surface area contributed by atoms with Crippen molar-refractivity contribution in [3.05, 3.63) is 52.7 Å². The first-order chi connectivity index (χ1) is 13.3. The number of benzene rings is 1. The zero-order chi connectivity index (χ0) is 18.9. The molecular formula is C20H28IN5OS. The van der Waals surface area contributed by atoms with Crippen LogP contribution in [-0.2, 0) is 11.3 Å². The van der Waals surface area contributed by atoms with Crippen molar-refractivity contribution in [2.24, 2.45) is 4.99 Å². The number of hydrogen-bond donors (Lipinski definition) is 2. The Morgan fingerprint density at radius 3 is 2.50 bits per heavy atom. The summed E-state index contributed by atoms with van der Waals surface area (Å²) in [5.74, 6) is 0.923. The van der Waals surface area contributed by atoms with Crippen LogP contribution in [0.25, 0.3) is 0 Å². The van der Waals surface area contributed by atoms with Crippen LogP contribution in [0.2, 0.25) is 0 Å². The second kappa shape index (κ2) is 11.9. The second-order valence-corrected chi connectivity index (χ2v) is 7.22. The average Bonchev–Trinajstić information content (AvgIpc) is 3.25. The number of carbonyl (C=O) groups is 1. The summed E-state index contributed by atoms with van der Waals surface area (Å²) in [6.07, 6.45) is 0.477. The Bertz CT molecular complexity index is 730. The van der Waals surface area contributed by atoms with Gasteiger partial charge >= 0.3 is 0 Å². The van der Waals surface area contributed by atoms with Gasteiger partial charge in [-0.1, -0.05) is 18.2 Å². The average molecular weight is 513 g/mol. The Balaban J connectivity index is 0.00000280. The number of amides is 1. The van der Waals surface area contributed by atoms with E-state index < -0.39 is 0 Å². The van der Waals surface area contributed by atoms with Crippen molar-refractivity contribution < 1.29 is 4.79 Å². The lowest BCUT2D eigenvalue weighted by Crippen LogP contribution is -2.49. The summed E-state index contributed by atoms with van der Waals surface area (Å²) in [5, 5.41) is 10.7. The van der Waals surface area contributed by atoms with Crippen LogP contribution in [0, 0.1) is 0 Å². The number of nitrogens with one attached hydrogen (secondary N) is 2. The number of carbonyl (C=O) groups excluding carboxylic acids is 1. The van der Waals surface area contributed by atoms with E-state index in [4.69, 9.17) is 0 Å². The minimum Gasteiger partial charge on any atom is -0.368 e. The van der Waals surface area contributed by atoms with Crippen LogP contribution in [0.5, 0.6) is 0 Å². The molecule has 8 heteroatoms. The molecule has 0 bridgehead atoms. The highest BCUT2D eigenvalue weighted by molar-refractivity contribution is 14.0. The highest BCUT2D eigenvalue weighted by Gasteiger charge is 2.20. The largest absolute Gasteiger partial charge is 0.368 e. The Hall–Kier alpha value is -1.81. The molecule has 28 heavy (non-hydrogen) atoms. The molecule has 0 unspecified atom stereocenters. The van der Waals surface area contributed by atoms with Crippen LogP contribution in [-0.4, -0.2) is 56.5 Å². The quantitative estimate of drug-likeness (QED) is 0.355. The van der Waals surface area contributed by atoms with Crippen molar-refractivity contribution in [1.29, 1.82) is 0 Å². The number of thiophene rings is 1. The fourth-order valence-electron chi connectivity index (χ4n) is 3.10. The molecule has 2 aromatic rings. The molecule has 3 rings (SSSR count). The molecule has 1 saturated heterocycles. The molecule has 1 amide bonds.